The molecule has 0 radical (unpaired) electrons. The van der Waals surface area contributed by atoms with Gasteiger partial charge in [0.2, 0.25) is 0 Å². The van der Waals surface area contributed by atoms with E-state index >= 15 is 0 Å². The third kappa shape index (κ3) is 3.41. The Morgan fingerprint density at radius 3 is 2.72 bits per heavy atom. The number of amidine groups is 1. The highest BCUT2D eigenvalue weighted by molar-refractivity contribution is 8.14. The summed E-state index contributed by atoms with van der Waals surface area (Å²) in [5, 5.41) is 5.16. The van der Waals surface area contributed by atoms with Gasteiger partial charge in [0, 0.05) is 42.0 Å². The van der Waals surface area contributed by atoms with Crippen LogP contribution in [-0.2, 0) is 7.05 Å². The lowest BCUT2D eigenvalue weighted by Crippen LogP contribution is -2.18. The maximum absolute atomic E-state index is 6.11. The molecule has 0 aliphatic carbocycles. The van der Waals surface area contributed by atoms with Gasteiger partial charge in [-0.2, -0.15) is 5.10 Å². The van der Waals surface area contributed by atoms with Crippen LogP contribution in [0.5, 0.6) is 0 Å². The van der Waals surface area contributed by atoms with Crippen LogP contribution in [0, 0.1) is 0 Å². The first kappa shape index (κ1) is 15.8. The van der Waals surface area contributed by atoms with Gasteiger partial charge < -0.3 is 5.73 Å². The van der Waals surface area contributed by atoms with Crippen molar-refractivity contribution in [2.24, 2.45) is 17.8 Å². The Balaban J connectivity index is 1.64. The molecule has 2 atom stereocenters. The maximum Gasteiger partial charge on any atom is 0.155 e. The number of hydrogen-bond acceptors (Lipinski definition) is 6. The number of benzene rings is 1. The molecule has 0 amide bonds. The molecular formula is C18H18N6S. The van der Waals surface area contributed by atoms with E-state index in [1.165, 1.54) is 11.9 Å². The van der Waals surface area contributed by atoms with Crippen molar-refractivity contribution in [3.05, 3.63) is 66.5 Å². The highest BCUT2D eigenvalue weighted by Gasteiger charge is 2.27. The Hall–Kier alpha value is -2.67. The predicted molar refractivity (Wildman–Crippen MR) is 100.0 cm³/mol. The molecule has 126 valence electrons. The second-order valence-electron chi connectivity index (χ2n) is 6.03. The number of aryl methyl sites for hydroxylation is 1. The number of nitrogens with zero attached hydrogens (tertiary/aromatic N) is 5. The van der Waals surface area contributed by atoms with Crippen molar-refractivity contribution in [1.29, 1.82) is 0 Å². The van der Waals surface area contributed by atoms with Gasteiger partial charge in [-0.25, -0.2) is 9.97 Å². The fraction of sp³-hybridized carbons (Fsp3) is 0.222. The molecule has 4 rings (SSSR count). The highest BCUT2D eigenvalue weighted by atomic mass is 32.2. The summed E-state index contributed by atoms with van der Waals surface area (Å²) >= 11 is 1.61. The minimum absolute atomic E-state index is 0.0380. The van der Waals surface area contributed by atoms with Crippen LogP contribution in [0.1, 0.15) is 28.8 Å². The average Bonchev–Trinajstić information content (AvgIpc) is 3.09. The number of aliphatic imine (C=N–C) groups is 1. The zero-order chi connectivity index (χ0) is 17.2. The monoisotopic (exact) mass is 350 g/mol. The molecule has 0 fully saturated rings. The van der Waals surface area contributed by atoms with Gasteiger partial charge in [-0.1, -0.05) is 30.0 Å². The Morgan fingerprint density at radius 1 is 1.12 bits per heavy atom. The number of thioether (sulfide) groups is 1. The molecule has 0 saturated carbocycles. The fourth-order valence-electron chi connectivity index (χ4n) is 3.03. The summed E-state index contributed by atoms with van der Waals surface area (Å²) in [6, 6.07) is 8.40. The van der Waals surface area contributed by atoms with Crippen LogP contribution in [-0.4, -0.2) is 24.9 Å². The maximum atomic E-state index is 6.11. The van der Waals surface area contributed by atoms with Crippen molar-refractivity contribution in [2.45, 2.75) is 17.7 Å². The van der Waals surface area contributed by atoms with Crippen LogP contribution >= 0.6 is 11.8 Å². The van der Waals surface area contributed by atoms with Crippen molar-refractivity contribution in [2.75, 3.05) is 0 Å². The lowest BCUT2D eigenvalue weighted by Gasteiger charge is -2.25. The third-order valence-electron chi connectivity index (χ3n) is 4.25. The second kappa shape index (κ2) is 6.68. The molecule has 0 spiro atoms. The van der Waals surface area contributed by atoms with E-state index in [1.54, 1.807) is 11.8 Å². The molecule has 6 nitrogen and oxygen atoms in total. The quantitative estimate of drug-likeness (QED) is 0.785. The Kier molecular flexibility index (Phi) is 4.23. The van der Waals surface area contributed by atoms with E-state index < -0.39 is 0 Å². The number of rotatable bonds is 3. The molecule has 0 saturated heterocycles. The second-order valence-corrected chi connectivity index (χ2v) is 7.25. The summed E-state index contributed by atoms with van der Waals surface area (Å²) in [5.74, 6) is 0. The molecule has 2 aromatic heterocycles. The first-order valence-electron chi connectivity index (χ1n) is 8.03. The van der Waals surface area contributed by atoms with E-state index in [4.69, 9.17) is 5.73 Å². The summed E-state index contributed by atoms with van der Waals surface area (Å²) in [7, 11) is 1.93. The Bertz CT molecular complexity index is 905. The normalized spacial score (nSPS) is 20.3. The lowest BCUT2D eigenvalue weighted by atomic mass is 9.97. The van der Waals surface area contributed by atoms with E-state index in [-0.39, 0.29) is 11.3 Å². The Labute approximate surface area is 150 Å². The zero-order valence-corrected chi connectivity index (χ0v) is 14.6. The molecule has 3 heterocycles. The molecule has 3 aromatic rings. The number of aromatic nitrogens is 4. The van der Waals surface area contributed by atoms with E-state index in [0.717, 1.165) is 23.1 Å². The van der Waals surface area contributed by atoms with E-state index in [9.17, 15) is 0 Å². The summed E-state index contributed by atoms with van der Waals surface area (Å²) in [4.78, 5) is 12.9. The number of nitrogens with two attached hydrogens (primary N) is 1. The molecular weight excluding hydrogens is 332 g/mol. The first-order valence-corrected chi connectivity index (χ1v) is 8.91. The third-order valence-corrected chi connectivity index (χ3v) is 5.34. The summed E-state index contributed by atoms with van der Waals surface area (Å²) in [5.41, 5.74) is 10.5. The van der Waals surface area contributed by atoms with Crippen LogP contribution in [0.25, 0.3) is 11.1 Å². The van der Waals surface area contributed by atoms with Gasteiger partial charge in [-0.05, 0) is 23.6 Å². The van der Waals surface area contributed by atoms with Crippen LogP contribution in [0.3, 0.4) is 0 Å². The van der Waals surface area contributed by atoms with Gasteiger partial charge in [0.05, 0.1) is 12.2 Å². The zero-order valence-electron chi connectivity index (χ0n) is 13.8. The summed E-state index contributed by atoms with van der Waals surface area (Å²) < 4.78 is 1.82. The van der Waals surface area contributed by atoms with Gasteiger partial charge >= 0.3 is 0 Å². The molecule has 7 heteroatoms. The van der Waals surface area contributed by atoms with Gasteiger partial charge in [-0.3, -0.25) is 9.67 Å². The molecule has 1 aromatic carbocycles. The molecule has 1 aliphatic rings. The van der Waals surface area contributed by atoms with Gasteiger partial charge in [0.1, 0.15) is 6.33 Å². The predicted octanol–water partition coefficient (Wildman–Crippen LogP) is 3.11. The summed E-state index contributed by atoms with van der Waals surface area (Å²) in [6.45, 7) is 0. The SMILES string of the molecule is Cn1cc([C@@H]2C[C@@H](c3cccc(-c4cncnc4)c3)N=C(N)S2)cn1. The number of hydrogen-bond donors (Lipinski definition) is 1. The van der Waals surface area contributed by atoms with Crippen molar-refractivity contribution in [1.82, 2.24) is 19.7 Å². The van der Waals surface area contributed by atoms with Crippen LogP contribution in [0.2, 0.25) is 0 Å². The minimum Gasteiger partial charge on any atom is -0.379 e. The van der Waals surface area contributed by atoms with Crippen LogP contribution < -0.4 is 5.73 Å². The lowest BCUT2D eigenvalue weighted by molar-refractivity contribution is 0.639. The fourth-order valence-corrected chi connectivity index (χ4v) is 4.04. The van der Waals surface area contributed by atoms with Crippen LogP contribution in [0.4, 0.5) is 0 Å². The molecule has 0 bridgehead atoms. The Morgan fingerprint density at radius 2 is 1.96 bits per heavy atom. The van der Waals surface area contributed by atoms with Crippen molar-refractivity contribution < 1.29 is 0 Å². The molecule has 0 unspecified atom stereocenters. The van der Waals surface area contributed by atoms with E-state index in [0.29, 0.717) is 5.17 Å². The molecule has 2 N–H and O–H groups in total. The topological polar surface area (TPSA) is 82.0 Å². The molecule has 1 aliphatic heterocycles. The largest absolute Gasteiger partial charge is 0.379 e. The van der Waals surface area contributed by atoms with Crippen molar-refractivity contribution in [3.63, 3.8) is 0 Å². The minimum atomic E-state index is 0.0380. The first-order chi connectivity index (χ1) is 12.2. The van der Waals surface area contributed by atoms with Gasteiger partial charge in [0.15, 0.2) is 5.17 Å². The molecule has 25 heavy (non-hydrogen) atoms. The van der Waals surface area contributed by atoms with Crippen molar-refractivity contribution >= 4 is 16.9 Å². The smallest absolute Gasteiger partial charge is 0.155 e. The van der Waals surface area contributed by atoms with Crippen LogP contribution in [0.15, 0.2) is 60.4 Å². The van der Waals surface area contributed by atoms with E-state index in [1.807, 2.05) is 42.6 Å². The van der Waals surface area contributed by atoms with E-state index in [2.05, 4.69) is 38.3 Å². The van der Waals surface area contributed by atoms with Gasteiger partial charge in [-0.15, -0.1) is 0 Å². The standard InChI is InChI=1S/C18H18N6S/c1-24-10-15(9-22-24)17-6-16(23-18(19)25-17)13-4-2-3-12(5-13)14-7-20-11-21-8-14/h2-5,7-11,16-17H,6H2,1H3,(H2,19,23)/t16-,17-/m0/s1. The van der Waals surface area contributed by atoms with Gasteiger partial charge in [0.25, 0.3) is 0 Å². The average molecular weight is 350 g/mol. The van der Waals surface area contributed by atoms with Crippen molar-refractivity contribution in [3.8, 4) is 11.1 Å². The highest BCUT2D eigenvalue weighted by Crippen LogP contribution is 2.43. The summed E-state index contributed by atoms with van der Waals surface area (Å²) in [6.07, 6.45) is 10.0.